The molecule has 96 valence electrons. The highest BCUT2D eigenvalue weighted by Crippen LogP contribution is 2.35. The van der Waals surface area contributed by atoms with E-state index in [9.17, 15) is 4.79 Å². The second-order valence-electron chi connectivity index (χ2n) is 4.05. The molecule has 0 atom stereocenters. The molecule has 0 unspecified atom stereocenters. The number of benzene rings is 1. The Hall–Kier alpha value is -2.76. The van der Waals surface area contributed by atoms with Gasteiger partial charge in [0.15, 0.2) is 0 Å². The summed E-state index contributed by atoms with van der Waals surface area (Å²) in [6, 6.07) is 7.13. The topological polar surface area (TPSA) is 91.0 Å². The van der Waals surface area contributed by atoms with Crippen molar-refractivity contribution in [3.63, 3.8) is 0 Å². The Bertz CT molecular complexity index is 757. The zero-order valence-electron chi connectivity index (χ0n) is 10.1. The first-order valence-electron chi connectivity index (χ1n) is 5.64. The molecular weight excluding hydrogens is 246 g/mol. The van der Waals surface area contributed by atoms with Crippen molar-refractivity contribution in [2.45, 2.75) is 0 Å². The number of carboxylic acids is 1. The van der Waals surface area contributed by atoms with Gasteiger partial charge in [-0.2, -0.15) is 5.10 Å². The minimum atomic E-state index is -1.04. The lowest BCUT2D eigenvalue weighted by Crippen LogP contribution is -1.95. The lowest BCUT2D eigenvalue weighted by molar-refractivity contribution is 0.0690. The van der Waals surface area contributed by atoms with E-state index in [0.717, 1.165) is 16.5 Å². The Kier molecular flexibility index (Phi) is 2.49. The number of aromatic nitrogens is 3. The molecule has 0 saturated carbocycles. The van der Waals surface area contributed by atoms with Crippen LogP contribution >= 0.6 is 0 Å². The van der Waals surface area contributed by atoms with Gasteiger partial charge in [0.2, 0.25) is 0 Å². The van der Waals surface area contributed by atoms with Crippen LogP contribution in [0.3, 0.4) is 0 Å². The quantitative estimate of drug-likeness (QED) is 0.671. The Morgan fingerprint density at radius 1 is 1.37 bits per heavy atom. The number of fused-ring (bicyclic) bond motifs is 1. The number of nitrogens with zero attached hydrogens (tertiary/aromatic N) is 1. The number of hydrogen-bond acceptors (Lipinski definition) is 3. The fourth-order valence-electron chi connectivity index (χ4n) is 2.11. The molecule has 0 radical (unpaired) electrons. The number of carboxylic acid groups (broad SMARTS) is 1. The smallest absolute Gasteiger partial charge is 0.353 e. The number of hydrogen-bond donors (Lipinski definition) is 3. The van der Waals surface area contributed by atoms with E-state index in [1.165, 1.54) is 6.07 Å². The Labute approximate surface area is 108 Å². The van der Waals surface area contributed by atoms with Gasteiger partial charge in [-0.3, -0.25) is 5.10 Å². The molecule has 1 aromatic carbocycles. The second kappa shape index (κ2) is 4.16. The SMILES string of the molecule is COc1ccc2[nH]ccc2c1-c1cc(C(=O)O)[nH]n1. The van der Waals surface area contributed by atoms with Gasteiger partial charge in [0.1, 0.15) is 11.4 Å². The minimum absolute atomic E-state index is 0.0459. The van der Waals surface area contributed by atoms with Gasteiger partial charge in [0, 0.05) is 17.1 Å². The normalized spacial score (nSPS) is 10.8. The van der Waals surface area contributed by atoms with Crippen molar-refractivity contribution in [1.29, 1.82) is 0 Å². The highest BCUT2D eigenvalue weighted by Gasteiger charge is 2.16. The first-order chi connectivity index (χ1) is 9.20. The monoisotopic (exact) mass is 257 g/mol. The third-order valence-corrected chi connectivity index (χ3v) is 2.98. The summed E-state index contributed by atoms with van der Waals surface area (Å²) in [5.74, 6) is -0.394. The van der Waals surface area contributed by atoms with Crippen molar-refractivity contribution >= 4 is 16.9 Å². The first-order valence-corrected chi connectivity index (χ1v) is 5.64. The number of ether oxygens (including phenoxy) is 1. The Morgan fingerprint density at radius 2 is 2.21 bits per heavy atom. The third-order valence-electron chi connectivity index (χ3n) is 2.98. The number of carbonyl (C=O) groups is 1. The lowest BCUT2D eigenvalue weighted by Gasteiger charge is -2.07. The van der Waals surface area contributed by atoms with E-state index >= 15 is 0 Å². The molecule has 0 bridgehead atoms. The van der Waals surface area contributed by atoms with Crippen LogP contribution in [0.2, 0.25) is 0 Å². The Balaban J connectivity index is 2.26. The maximum Gasteiger partial charge on any atom is 0.353 e. The average Bonchev–Trinajstić information content (AvgIpc) is 3.06. The molecule has 2 aromatic heterocycles. The van der Waals surface area contributed by atoms with Gasteiger partial charge in [0.25, 0.3) is 0 Å². The van der Waals surface area contributed by atoms with Crippen LogP contribution in [0.25, 0.3) is 22.2 Å². The van der Waals surface area contributed by atoms with Crippen LogP contribution in [0.1, 0.15) is 10.5 Å². The van der Waals surface area contributed by atoms with Crippen molar-refractivity contribution in [2.24, 2.45) is 0 Å². The predicted octanol–water partition coefficient (Wildman–Crippen LogP) is 2.26. The number of H-pyrrole nitrogens is 2. The number of methoxy groups -OCH3 is 1. The molecule has 0 spiro atoms. The van der Waals surface area contributed by atoms with Crippen molar-refractivity contribution in [1.82, 2.24) is 15.2 Å². The largest absolute Gasteiger partial charge is 0.496 e. The van der Waals surface area contributed by atoms with E-state index in [0.29, 0.717) is 11.4 Å². The summed E-state index contributed by atoms with van der Waals surface area (Å²) >= 11 is 0. The lowest BCUT2D eigenvalue weighted by atomic mass is 10.1. The third kappa shape index (κ3) is 1.74. The molecule has 19 heavy (non-hydrogen) atoms. The van der Waals surface area contributed by atoms with E-state index in [1.54, 1.807) is 7.11 Å². The fraction of sp³-hybridized carbons (Fsp3) is 0.0769. The van der Waals surface area contributed by atoms with E-state index in [4.69, 9.17) is 9.84 Å². The second-order valence-corrected chi connectivity index (χ2v) is 4.05. The maximum atomic E-state index is 10.9. The summed E-state index contributed by atoms with van der Waals surface area (Å²) in [7, 11) is 1.57. The Morgan fingerprint density at radius 3 is 2.89 bits per heavy atom. The molecule has 6 heteroatoms. The van der Waals surface area contributed by atoms with Gasteiger partial charge in [-0.25, -0.2) is 4.79 Å². The summed E-state index contributed by atoms with van der Waals surface area (Å²) in [5, 5.41) is 16.4. The van der Waals surface area contributed by atoms with Crippen LogP contribution in [0.5, 0.6) is 5.75 Å². The molecule has 0 fully saturated rings. The van der Waals surface area contributed by atoms with Crippen LogP contribution in [0, 0.1) is 0 Å². The van der Waals surface area contributed by atoms with Gasteiger partial charge in [-0.15, -0.1) is 0 Å². The van der Waals surface area contributed by atoms with Crippen molar-refractivity contribution in [2.75, 3.05) is 7.11 Å². The first kappa shape index (κ1) is 11.3. The van der Waals surface area contributed by atoms with E-state index in [2.05, 4.69) is 15.2 Å². The van der Waals surface area contributed by atoms with E-state index < -0.39 is 5.97 Å². The van der Waals surface area contributed by atoms with Gasteiger partial charge < -0.3 is 14.8 Å². The van der Waals surface area contributed by atoms with Crippen molar-refractivity contribution in [3.05, 3.63) is 36.2 Å². The molecule has 0 aliphatic heterocycles. The molecule has 0 saturated heterocycles. The zero-order chi connectivity index (χ0) is 13.4. The molecule has 3 rings (SSSR count). The number of aromatic carboxylic acids is 1. The van der Waals surface area contributed by atoms with E-state index in [1.807, 2.05) is 24.4 Å². The van der Waals surface area contributed by atoms with Gasteiger partial charge in [-0.05, 0) is 24.3 Å². The number of rotatable bonds is 3. The number of nitrogens with one attached hydrogen (secondary N) is 2. The summed E-state index contributed by atoms with van der Waals surface area (Å²) in [6.07, 6.45) is 1.82. The van der Waals surface area contributed by atoms with Crippen molar-refractivity contribution < 1.29 is 14.6 Å². The maximum absolute atomic E-state index is 10.9. The molecule has 0 amide bonds. The molecule has 3 N–H and O–H groups in total. The zero-order valence-corrected chi connectivity index (χ0v) is 10.1. The number of aromatic amines is 2. The van der Waals surface area contributed by atoms with Crippen LogP contribution in [-0.4, -0.2) is 33.4 Å². The molecule has 0 aliphatic carbocycles. The molecule has 0 aliphatic rings. The highest BCUT2D eigenvalue weighted by atomic mass is 16.5. The van der Waals surface area contributed by atoms with Crippen LogP contribution in [0.4, 0.5) is 0 Å². The fourth-order valence-corrected chi connectivity index (χ4v) is 2.11. The molecular formula is C13H11N3O3. The molecule has 2 heterocycles. The van der Waals surface area contributed by atoms with Gasteiger partial charge >= 0.3 is 5.97 Å². The van der Waals surface area contributed by atoms with Gasteiger partial charge in [-0.1, -0.05) is 0 Å². The average molecular weight is 257 g/mol. The summed E-state index contributed by atoms with van der Waals surface area (Å²) < 4.78 is 5.33. The van der Waals surface area contributed by atoms with Crippen LogP contribution in [-0.2, 0) is 0 Å². The van der Waals surface area contributed by atoms with Crippen molar-refractivity contribution in [3.8, 4) is 17.0 Å². The summed E-state index contributed by atoms with van der Waals surface area (Å²) in [6.45, 7) is 0. The van der Waals surface area contributed by atoms with Gasteiger partial charge in [0.05, 0.1) is 18.4 Å². The van der Waals surface area contributed by atoms with E-state index in [-0.39, 0.29) is 5.69 Å². The van der Waals surface area contributed by atoms with Crippen LogP contribution in [0.15, 0.2) is 30.5 Å². The molecule has 3 aromatic rings. The standard InChI is InChI=1S/C13H11N3O3/c1-19-11-3-2-8-7(4-5-14-8)12(11)9-6-10(13(17)18)16-15-9/h2-6,14H,1H3,(H,15,16)(H,17,18). The van der Waals surface area contributed by atoms with Crippen LogP contribution < -0.4 is 4.74 Å². The highest BCUT2D eigenvalue weighted by molar-refractivity contribution is 5.98. The minimum Gasteiger partial charge on any atom is -0.496 e. The predicted molar refractivity (Wildman–Crippen MR) is 69.4 cm³/mol. The summed E-state index contributed by atoms with van der Waals surface area (Å²) in [5.41, 5.74) is 2.30. The summed E-state index contributed by atoms with van der Waals surface area (Å²) in [4.78, 5) is 14.0. The molecule has 6 nitrogen and oxygen atoms in total.